The van der Waals surface area contributed by atoms with Crippen LogP contribution in [0.5, 0.6) is 0 Å². The Morgan fingerprint density at radius 3 is 2.34 bits per heavy atom. The molecule has 2 aromatic carbocycles. The van der Waals surface area contributed by atoms with Gasteiger partial charge >= 0.3 is 11.9 Å². The molecule has 2 rings (SSSR count). The van der Waals surface area contributed by atoms with E-state index < -0.39 is 42.7 Å². The molecule has 0 spiro atoms. The lowest BCUT2D eigenvalue weighted by atomic mass is 10.2. The summed E-state index contributed by atoms with van der Waals surface area (Å²) in [5, 5.41) is 4.76. The molecule has 0 aliphatic rings. The molecule has 9 heteroatoms. The first-order valence-electron chi connectivity index (χ1n) is 8.66. The van der Waals surface area contributed by atoms with Gasteiger partial charge in [0, 0.05) is 5.56 Å². The predicted octanol–water partition coefficient (Wildman–Crippen LogP) is 1.91. The van der Waals surface area contributed by atoms with Crippen LogP contribution in [0.15, 0.2) is 48.5 Å². The lowest BCUT2D eigenvalue weighted by Gasteiger charge is -2.11. The van der Waals surface area contributed by atoms with E-state index in [1.54, 1.807) is 19.1 Å². The van der Waals surface area contributed by atoms with Crippen molar-refractivity contribution in [2.24, 2.45) is 0 Å². The average molecular weight is 402 g/mol. The van der Waals surface area contributed by atoms with Crippen LogP contribution in [-0.4, -0.2) is 43.5 Å². The Labute approximate surface area is 166 Å². The zero-order valence-corrected chi connectivity index (χ0v) is 15.6. The summed E-state index contributed by atoms with van der Waals surface area (Å²) in [6, 6.07) is 11.0. The van der Waals surface area contributed by atoms with E-state index in [0.717, 1.165) is 12.1 Å². The number of para-hydroxylation sites is 1. The van der Waals surface area contributed by atoms with Gasteiger partial charge in [-0.1, -0.05) is 12.1 Å². The van der Waals surface area contributed by atoms with Crippen molar-refractivity contribution in [3.05, 3.63) is 65.5 Å². The van der Waals surface area contributed by atoms with Crippen molar-refractivity contribution in [3.8, 4) is 0 Å². The fourth-order valence-electron chi connectivity index (χ4n) is 2.22. The zero-order chi connectivity index (χ0) is 21.2. The summed E-state index contributed by atoms with van der Waals surface area (Å²) in [5.41, 5.74) is 0.560. The molecule has 0 radical (unpaired) electrons. The minimum absolute atomic E-state index is 0.167. The number of amides is 2. The SMILES string of the molecule is CCOC(=O)c1ccccc1NC(=O)COC(=O)CNC(=O)c1ccc(F)cc1. The van der Waals surface area contributed by atoms with Crippen molar-refractivity contribution >= 4 is 29.4 Å². The minimum Gasteiger partial charge on any atom is -0.462 e. The third-order valence-corrected chi connectivity index (χ3v) is 3.56. The first kappa shape index (κ1) is 21.5. The number of hydrogen-bond donors (Lipinski definition) is 2. The van der Waals surface area contributed by atoms with E-state index in [1.807, 2.05) is 0 Å². The van der Waals surface area contributed by atoms with E-state index in [1.165, 1.54) is 24.3 Å². The lowest BCUT2D eigenvalue weighted by molar-refractivity contribution is -0.146. The Morgan fingerprint density at radius 1 is 0.966 bits per heavy atom. The number of halogens is 1. The van der Waals surface area contributed by atoms with Gasteiger partial charge in [-0.25, -0.2) is 9.18 Å². The summed E-state index contributed by atoms with van der Waals surface area (Å²) in [6.07, 6.45) is 0. The molecule has 152 valence electrons. The highest BCUT2D eigenvalue weighted by molar-refractivity contribution is 6.02. The number of nitrogens with one attached hydrogen (secondary N) is 2. The number of ether oxygens (including phenoxy) is 2. The third-order valence-electron chi connectivity index (χ3n) is 3.56. The maximum absolute atomic E-state index is 12.8. The molecule has 0 heterocycles. The van der Waals surface area contributed by atoms with Gasteiger partial charge in [-0.3, -0.25) is 14.4 Å². The Balaban J connectivity index is 1.80. The molecule has 29 heavy (non-hydrogen) atoms. The van der Waals surface area contributed by atoms with E-state index in [4.69, 9.17) is 9.47 Å². The van der Waals surface area contributed by atoms with Crippen LogP contribution >= 0.6 is 0 Å². The smallest absolute Gasteiger partial charge is 0.340 e. The molecule has 0 saturated heterocycles. The van der Waals surface area contributed by atoms with Gasteiger partial charge in [0.15, 0.2) is 6.61 Å². The van der Waals surface area contributed by atoms with Crippen LogP contribution in [0.2, 0.25) is 0 Å². The molecule has 8 nitrogen and oxygen atoms in total. The van der Waals surface area contributed by atoms with Crippen LogP contribution < -0.4 is 10.6 Å². The number of benzene rings is 2. The minimum atomic E-state index is -0.839. The molecular weight excluding hydrogens is 383 g/mol. The van der Waals surface area contributed by atoms with Gasteiger partial charge in [-0.2, -0.15) is 0 Å². The molecular formula is C20H19FN2O6. The molecule has 2 amide bonds. The van der Waals surface area contributed by atoms with Crippen LogP contribution in [0, 0.1) is 5.82 Å². The molecule has 2 aromatic rings. The molecule has 0 aromatic heterocycles. The van der Waals surface area contributed by atoms with Crippen LogP contribution in [0.1, 0.15) is 27.6 Å². The largest absolute Gasteiger partial charge is 0.462 e. The lowest BCUT2D eigenvalue weighted by Crippen LogP contribution is -2.32. The number of esters is 2. The molecule has 0 atom stereocenters. The second kappa shape index (κ2) is 10.5. The van der Waals surface area contributed by atoms with Gasteiger partial charge < -0.3 is 20.1 Å². The summed E-state index contributed by atoms with van der Waals surface area (Å²) in [7, 11) is 0. The van der Waals surface area contributed by atoms with E-state index in [9.17, 15) is 23.6 Å². The maximum atomic E-state index is 12.8. The first-order valence-corrected chi connectivity index (χ1v) is 8.66. The van der Waals surface area contributed by atoms with Crippen molar-refractivity contribution in [1.29, 1.82) is 0 Å². The van der Waals surface area contributed by atoms with Crippen LogP contribution in [-0.2, 0) is 19.1 Å². The van der Waals surface area contributed by atoms with Gasteiger partial charge in [0.2, 0.25) is 0 Å². The van der Waals surface area contributed by atoms with Crippen molar-refractivity contribution in [3.63, 3.8) is 0 Å². The Hall–Kier alpha value is -3.75. The summed E-state index contributed by atoms with van der Waals surface area (Å²) < 4.78 is 22.5. The Kier molecular flexibility index (Phi) is 7.84. The van der Waals surface area contributed by atoms with E-state index in [-0.39, 0.29) is 23.4 Å². The van der Waals surface area contributed by atoms with E-state index >= 15 is 0 Å². The highest BCUT2D eigenvalue weighted by Gasteiger charge is 2.15. The normalized spacial score (nSPS) is 10.0. The molecule has 0 saturated carbocycles. The van der Waals surface area contributed by atoms with Gasteiger partial charge in [-0.15, -0.1) is 0 Å². The van der Waals surface area contributed by atoms with Crippen molar-refractivity contribution in [2.75, 3.05) is 25.1 Å². The highest BCUT2D eigenvalue weighted by atomic mass is 19.1. The Bertz CT molecular complexity index is 898. The number of hydrogen-bond acceptors (Lipinski definition) is 6. The summed E-state index contributed by atoms with van der Waals surface area (Å²) >= 11 is 0. The first-order chi connectivity index (χ1) is 13.9. The number of carbonyl (C=O) groups excluding carboxylic acids is 4. The fraction of sp³-hybridized carbons (Fsp3) is 0.200. The second-order valence-electron chi connectivity index (χ2n) is 5.66. The quantitative estimate of drug-likeness (QED) is 0.653. The third kappa shape index (κ3) is 6.73. The maximum Gasteiger partial charge on any atom is 0.340 e. The predicted molar refractivity (Wildman–Crippen MR) is 101 cm³/mol. The summed E-state index contributed by atoms with van der Waals surface area (Å²) in [4.78, 5) is 47.4. The monoisotopic (exact) mass is 402 g/mol. The van der Waals surface area contributed by atoms with Crippen molar-refractivity contribution in [1.82, 2.24) is 5.32 Å². The standard InChI is InChI=1S/C20H19FN2O6/c1-2-28-20(27)15-5-3-4-6-16(15)23-17(24)12-29-18(25)11-22-19(26)13-7-9-14(21)10-8-13/h3-10H,2,11-12H2,1H3,(H,22,26)(H,23,24). The molecule has 0 bridgehead atoms. The van der Waals surface area contributed by atoms with Crippen molar-refractivity contribution in [2.45, 2.75) is 6.92 Å². The van der Waals surface area contributed by atoms with Crippen molar-refractivity contribution < 1.29 is 33.0 Å². The summed E-state index contributed by atoms with van der Waals surface area (Å²) in [5.74, 6) is -3.18. The van der Waals surface area contributed by atoms with Crippen LogP contribution in [0.25, 0.3) is 0 Å². The summed E-state index contributed by atoms with van der Waals surface area (Å²) in [6.45, 7) is 0.765. The Morgan fingerprint density at radius 2 is 1.66 bits per heavy atom. The van der Waals surface area contributed by atoms with E-state index in [2.05, 4.69) is 10.6 Å². The van der Waals surface area contributed by atoms with E-state index in [0.29, 0.717) is 0 Å². The molecule has 2 N–H and O–H groups in total. The average Bonchev–Trinajstić information content (AvgIpc) is 2.71. The van der Waals surface area contributed by atoms with Gasteiger partial charge in [0.25, 0.3) is 11.8 Å². The number of carbonyl (C=O) groups is 4. The zero-order valence-electron chi connectivity index (χ0n) is 15.6. The fourth-order valence-corrected chi connectivity index (χ4v) is 2.22. The van der Waals surface area contributed by atoms with Gasteiger partial charge in [-0.05, 0) is 43.3 Å². The highest BCUT2D eigenvalue weighted by Crippen LogP contribution is 2.16. The van der Waals surface area contributed by atoms with Crippen LogP contribution in [0.4, 0.5) is 10.1 Å². The number of anilines is 1. The molecule has 0 unspecified atom stereocenters. The molecule has 0 aliphatic heterocycles. The molecule has 0 aliphatic carbocycles. The second-order valence-corrected chi connectivity index (χ2v) is 5.66. The van der Waals surface area contributed by atoms with Crippen LogP contribution in [0.3, 0.4) is 0 Å². The topological polar surface area (TPSA) is 111 Å². The van der Waals surface area contributed by atoms with Gasteiger partial charge in [0.1, 0.15) is 12.4 Å². The number of rotatable bonds is 8. The van der Waals surface area contributed by atoms with Gasteiger partial charge in [0.05, 0.1) is 17.9 Å². The molecule has 0 fully saturated rings.